The molecule has 0 aliphatic rings. The predicted octanol–water partition coefficient (Wildman–Crippen LogP) is 9.81. The molecule has 0 N–H and O–H groups in total. The van der Waals surface area contributed by atoms with E-state index in [0.29, 0.717) is 23.0 Å². The number of methoxy groups -OCH3 is 1. The van der Waals surface area contributed by atoms with Gasteiger partial charge in [-0.25, -0.2) is 9.59 Å². The molecule has 7 heteroatoms. The summed E-state index contributed by atoms with van der Waals surface area (Å²) in [5, 5.41) is 0. The quantitative estimate of drug-likeness (QED) is 0.118. The second kappa shape index (κ2) is 13.8. The van der Waals surface area contributed by atoms with E-state index in [2.05, 4.69) is 39.8 Å². The first-order valence-corrected chi connectivity index (χ1v) is 15.3. The average molecular weight is 631 g/mol. The Labute approximate surface area is 275 Å². The van der Waals surface area contributed by atoms with Crippen LogP contribution in [0.3, 0.4) is 0 Å². The van der Waals surface area contributed by atoms with E-state index in [1.807, 2.05) is 67.6 Å². The second-order valence-corrected chi connectivity index (χ2v) is 12.3. The molecule has 0 bridgehead atoms. The SMILES string of the molecule is COc1cc(C)ccc1OC(=O)Oc1ccc(C(C)(C)c2ccc(OC(=O)Oc3ccc(C(C)(C)c4ccccc4)cc3)cc2)cc1. The van der Waals surface area contributed by atoms with Gasteiger partial charge in [0.1, 0.15) is 17.2 Å². The molecule has 0 fully saturated rings. The Balaban J connectivity index is 1.16. The largest absolute Gasteiger partial charge is 0.519 e. The normalized spacial score (nSPS) is 11.4. The van der Waals surface area contributed by atoms with Gasteiger partial charge in [0.2, 0.25) is 0 Å². The molecular formula is C40H38O7. The van der Waals surface area contributed by atoms with Crippen molar-refractivity contribution in [3.8, 4) is 28.7 Å². The van der Waals surface area contributed by atoms with Crippen molar-refractivity contribution in [1.82, 2.24) is 0 Å². The molecule has 0 amide bonds. The van der Waals surface area contributed by atoms with Crippen molar-refractivity contribution in [1.29, 1.82) is 0 Å². The number of aryl methyl sites for hydroxylation is 1. The lowest BCUT2D eigenvalue weighted by atomic mass is 9.78. The molecule has 0 aliphatic heterocycles. The number of ether oxygens (including phenoxy) is 5. The highest BCUT2D eigenvalue weighted by molar-refractivity contribution is 5.69. The molecule has 7 nitrogen and oxygen atoms in total. The van der Waals surface area contributed by atoms with Gasteiger partial charge in [-0.05, 0) is 83.3 Å². The Bertz CT molecular complexity index is 1820. The van der Waals surface area contributed by atoms with Crippen LogP contribution in [0.4, 0.5) is 9.59 Å². The molecule has 0 saturated carbocycles. The molecule has 0 radical (unpaired) electrons. The zero-order chi connectivity index (χ0) is 33.6. The minimum absolute atomic E-state index is 0.198. The first kappa shape index (κ1) is 32.8. The molecular weight excluding hydrogens is 592 g/mol. The zero-order valence-electron chi connectivity index (χ0n) is 27.4. The third-order valence-electron chi connectivity index (χ3n) is 8.34. The minimum atomic E-state index is -0.864. The summed E-state index contributed by atoms with van der Waals surface area (Å²) >= 11 is 0. The van der Waals surface area contributed by atoms with E-state index < -0.39 is 17.7 Å². The van der Waals surface area contributed by atoms with Crippen LogP contribution in [0.1, 0.15) is 55.5 Å². The van der Waals surface area contributed by atoms with Gasteiger partial charge < -0.3 is 23.7 Å². The smallest absolute Gasteiger partial charge is 0.493 e. The Hall–Kier alpha value is -5.56. The third kappa shape index (κ3) is 7.82. The molecule has 0 heterocycles. The van der Waals surface area contributed by atoms with Crippen molar-refractivity contribution >= 4 is 12.3 Å². The maximum absolute atomic E-state index is 12.5. The van der Waals surface area contributed by atoms with Crippen molar-refractivity contribution in [2.75, 3.05) is 7.11 Å². The monoisotopic (exact) mass is 630 g/mol. The van der Waals surface area contributed by atoms with Crippen LogP contribution in [0.2, 0.25) is 0 Å². The van der Waals surface area contributed by atoms with E-state index >= 15 is 0 Å². The molecule has 0 spiro atoms. The summed E-state index contributed by atoms with van der Waals surface area (Å²) in [5.41, 5.74) is 4.67. The van der Waals surface area contributed by atoms with Gasteiger partial charge in [0.25, 0.3) is 0 Å². The van der Waals surface area contributed by atoms with Gasteiger partial charge in [0.15, 0.2) is 11.5 Å². The van der Waals surface area contributed by atoms with E-state index in [4.69, 9.17) is 23.7 Å². The fraction of sp³-hybridized carbons (Fsp3) is 0.200. The molecule has 5 rings (SSSR count). The summed E-state index contributed by atoms with van der Waals surface area (Å²) < 4.78 is 26.9. The average Bonchev–Trinajstić information content (AvgIpc) is 3.06. The van der Waals surface area contributed by atoms with E-state index in [1.54, 1.807) is 48.5 Å². The highest BCUT2D eigenvalue weighted by Crippen LogP contribution is 2.35. The van der Waals surface area contributed by atoms with Gasteiger partial charge >= 0.3 is 12.3 Å². The first-order chi connectivity index (χ1) is 22.4. The summed E-state index contributed by atoms with van der Waals surface area (Å²) in [7, 11) is 1.51. The topological polar surface area (TPSA) is 80.3 Å². The fourth-order valence-electron chi connectivity index (χ4n) is 5.29. The molecule has 0 atom stereocenters. The summed E-state index contributed by atoms with van der Waals surface area (Å²) in [4.78, 5) is 25.0. The lowest BCUT2D eigenvalue weighted by Crippen LogP contribution is -2.19. The Morgan fingerprint density at radius 1 is 0.468 bits per heavy atom. The van der Waals surface area contributed by atoms with Gasteiger partial charge in [-0.1, -0.05) is 100 Å². The Morgan fingerprint density at radius 3 is 1.26 bits per heavy atom. The van der Waals surface area contributed by atoms with Gasteiger partial charge in [0.05, 0.1) is 7.11 Å². The number of hydrogen-bond donors (Lipinski definition) is 0. The van der Waals surface area contributed by atoms with Crippen LogP contribution < -0.4 is 23.7 Å². The maximum atomic E-state index is 12.5. The van der Waals surface area contributed by atoms with E-state index in [9.17, 15) is 9.59 Å². The van der Waals surface area contributed by atoms with Crippen molar-refractivity contribution in [2.45, 2.75) is 45.4 Å². The van der Waals surface area contributed by atoms with E-state index in [1.165, 1.54) is 12.7 Å². The number of carbonyl (C=O) groups is 2. The predicted molar refractivity (Wildman–Crippen MR) is 181 cm³/mol. The van der Waals surface area contributed by atoms with Crippen molar-refractivity contribution in [2.24, 2.45) is 0 Å². The zero-order valence-corrected chi connectivity index (χ0v) is 27.4. The highest BCUT2D eigenvalue weighted by atomic mass is 16.7. The van der Waals surface area contributed by atoms with E-state index in [-0.39, 0.29) is 11.2 Å². The van der Waals surface area contributed by atoms with E-state index in [0.717, 1.165) is 22.3 Å². The Kier molecular flexibility index (Phi) is 9.66. The van der Waals surface area contributed by atoms with Crippen molar-refractivity contribution in [3.63, 3.8) is 0 Å². The van der Waals surface area contributed by atoms with Gasteiger partial charge in [0, 0.05) is 10.8 Å². The fourth-order valence-corrected chi connectivity index (χ4v) is 5.29. The van der Waals surface area contributed by atoms with Crippen LogP contribution in [0, 0.1) is 6.92 Å². The van der Waals surface area contributed by atoms with Crippen LogP contribution >= 0.6 is 0 Å². The lowest BCUT2D eigenvalue weighted by Gasteiger charge is -2.26. The number of hydrogen-bond acceptors (Lipinski definition) is 7. The van der Waals surface area contributed by atoms with Crippen molar-refractivity contribution in [3.05, 3.63) is 149 Å². The number of carbonyl (C=O) groups excluding carboxylic acids is 2. The van der Waals surface area contributed by atoms with Gasteiger partial charge in [-0.15, -0.1) is 0 Å². The van der Waals surface area contributed by atoms with Crippen LogP contribution in [-0.4, -0.2) is 19.4 Å². The maximum Gasteiger partial charge on any atom is 0.519 e. The van der Waals surface area contributed by atoms with Crippen molar-refractivity contribution < 1.29 is 33.3 Å². The molecule has 47 heavy (non-hydrogen) atoms. The summed E-state index contributed by atoms with van der Waals surface area (Å²) in [6, 6.07) is 37.5. The summed E-state index contributed by atoms with van der Waals surface area (Å²) in [5.74, 6) is 1.83. The number of rotatable bonds is 9. The number of benzene rings is 5. The molecule has 0 unspecified atom stereocenters. The van der Waals surface area contributed by atoms with Crippen LogP contribution in [-0.2, 0) is 10.8 Å². The summed E-state index contributed by atoms with van der Waals surface area (Å²) in [6.45, 7) is 10.4. The Morgan fingerprint density at radius 2 is 0.851 bits per heavy atom. The molecule has 0 saturated heterocycles. The molecule has 240 valence electrons. The molecule has 5 aromatic rings. The third-order valence-corrected chi connectivity index (χ3v) is 8.34. The van der Waals surface area contributed by atoms with Crippen LogP contribution in [0.15, 0.2) is 121 Å². The molecule has 0 aromatic heterocycles. The molecule has 0 aliphatic carbocycles. The van der Waals surface area contributed by atoms with Crippen LogP contribution in [0.5, 0.6) is 28.7 Å². The lowest BCUT2D eigenvalue weighted by molar-refractivity contribution is 0.149. The van der Waals surface area contributed by atoms with Gasteiger partial charge in [-0.3, -0.25) is 0 Å². The minimum Gasteiger partial charge on any atom is -0.493 e. The molecule has 5 aromatic carbocycles. The summed E-state index contributed by atoms with van der Waals surface area (Å²) in [6.07, 6.45) is -1.68. The highest BCUT2D eigenvalue weighted by Gasteiger charge is 2.25. The van der Waals surface area contributed by atoms with Crippen LogP contribution in [0.25, 0.3) is 0 Å². The van der Waals surface area contributed by atoms with Gasteiger partial charge in [-0.2, -0.15) is 0 Å². The standard InChI is InChI=1S/C40H38O7/c1-27-12-25-35(36(26-27)43-6)47-38(42)46-34-23-17-31(18-24-34)40(4,5)30-15-21-33(22-16-30)45-37(41)44-32-19-13-29(14-20-32)39(2,3)28-10-8-7-9-11-28/h7-26H,1-6H3. The second-order valence-electron chi connectivity index (χ2n) is 12.3. The first-order valence-electron chi connectivity index (χ1n) is 15.3.